The molecule has 0 aliphatic carbocycles. The number of benzene rings is 1. The zero-order valence-electron chi connectivity index (χ0n) is 13.5. The van der Waals surface area contributed by atoms with Crippen LogP contribution in [-0.4, -0.2) is 46.6 Å². The number of aryl methyl sites for hydroxylation is 1. The summed E-state index contributed by atoms with van der Waals surface area (Å²) in [5, 5.41) is 3.56. The monoisotopic (exact) mass is 292 g/mol. The van der Waals surface area contributed by atoms with E-state index >= 15 is 0 Å². The Morgan fingerprint density at radius 1 is 1.19 bits per heavy atom. The molecule has 0 spiro atoms. The number of rotatable bonds is 8. The van der Waals surface area contributed by atoms with Gasteiger partial charge in [0.2, 0.25) is 0 Å². The van der Waals surface area contributed by atoms with E-state index in [0.717, 1.165) is 39.1 Å². The zero-order valence-corrected chi connectivity index (χ0v) is 13.5. The van der Waals surface area contributed by atoms with Crippen molar-refractivity contribution in [2.45, 2.75) is 32.2 Å². The van der Waals surface area contributed by atoms with Crippen LogP contribution in [0.2, 0.25) is 0 Å². The van der Waals surface area contributed by atoms with Crippen LogP contribution in [0.5, 0.6) is 0 Å². The van der Waals surface area contributed by atoms with Crippen LogP contribution in [0.4, 0.5) is 11.4 Å². The van der Waals surface area contributed by atoms with Crippen molar-refractivity contribution in [1.29, 1.82) is 0 Å². The van der Waals surface area contributed by atoms with E-state index in [9.17, 15) is 0 Å². The number of hydrogen-bond donors (Lipinski definition) is 1. The predicted octanol–water partition coefficient (Wildman–Crippen LogP) is 2.92. The number of hydrogen-bond acceptors (Lipinski definition) is 4. The zero-order chi connectivity index (χ0) is 15.1. The van der Waals surface area contributed by atoms with Crippen molar-refractivity contribution in [2.75, 3.05) is 50.7 Å². The van der Waals surface area contributed by atoms with Gasteiger partial charge in [-0.05, 0) is 49.9 Å². The molecule has 0 aromatic heterocycles. The highest BCUT2D eigenvalue weighted by molar-refractivity contribution is 5.62. The highest BCUT2D eigenvalue weighted by Crippen LogP contribution is 2.29. The van der Waals surface area contributed by atoms with Gasteiger partial charge in [-0.15, -0.1) is 0 Å². The minimum Gasteiger partial charge on any atom is -0.385 e. The molecule has 0 saturated carbocycles. The maximum Gasteiger partial charge on any atom is 0.0637 e. The molecule has 1 aromatic carbocycles. The van der Waals surface area contributed by atoms with Crippen LogP contribution in [0, 0.1) is 0 Å². The summed E-state index contributed by atoms with van der Waals surface area (Å²) in [6.45, 7) is 5.71. The Morgan fingerprint density at radius 3 is 2.76 bits per heavy atom. The minimum atomic E-state index is 0.578. The summed E-state index contributed by atoms with van der Waals surface area (Å²) in [5.74, 6) is 0. The van der Waals surface area contributed by atoms with Crippen molar-refractivity contribution < 1.29 is 9.47 Å². The van der Waals surface area contributed by atoms with E-state index < -0.39 is 0 Å². The van der Waals surface area contributed by atoms with Gasteiger partial charge in [0.05, 0.1) is 6.61 Å². The van der Waals surface area contributed by atoms with Crippen LogP contribution in [0.3, 0.4) is 0 Å². The number of anilines is 2. The fourth-order valence-electron chi connectivity index (χ4n) is 2.81. The van der Waals surface area contributed by atoms with Gasteiger partial charge in [-0.3, -0.25) is 0 Å². The van der Waals surface area contributed by atoms with E-state index in [1.807, 2.05) is 0 Å². The normalized spacial score (nSPS) is 17.2. The Kier molecular flexibility index (Phi) is 6.33. The van der Waals surface area contributed by atoms with Gasteiger partial charge in [0, 0.05) is 51.3 Å². The fraction of sp³-hybridized carbons (Fsp3) is 0.647. The molecule has 1 unspecified atom stereocenters. The molecular weight excluding hydrogens is 264 g/mol. The molecule has 1 aliphatic rings. The Morgan fingerprint density at radius 2 is 2.00 bits per heavy atom. The summed E-state index contributed by atoms with van der Waals surface area (Å²) in [6, 6.07) is 7.34. The summed E-state index contributed by atoms with van der Waals surface area (Å²) >= 11 is 0. The van der Waals surface area contributed by atoms with Crippen LogP contribution >= 0.6 is 0 Å². The van der Waals surface area contributed by atoms with Gasteiger partial charge >= 0.3 is 0 Å². The number of methoxy groups -OCH3 is 2. The third-order valence-electron chi connectivity index (χ3n) is 4.04. The topological polar surface area (TPSA) is 33.7 Å². The molecule has 118 valence electrons. The van der Waals surface area contributed by atoms with Gasteiger partial charge in [0.25, 0.3) is 0 Å². The summed E-state index contributed by atoms with van der Waals surface area (Å²) in [7, 11) is 3.51. The van der Waals surface area contributed by atoms with Crippen LogP contribution < -0.4 is 10.2 Å². The molecule has 0 radical (unpaired) electrons. The predicted molar refractivity (Wildman–Crippen MR) is 88.4 cm³/mol. The van der Waals surface area contributed by atoms with Crippen LogP contribution in [0.15, 0.2) is 18.2 Å². The first-order valence-corrected chi connectivity index (χ1v) is 7.87. The molecule has 1 aliphatic heterocycles. The maximum absolute atomic E-state index is 5.24. The fourth-order valence-corrected chi connectivity index (χ4v) is 2.81. The van der Waals surface area contributed by atoms with E-state index in [0.29, 0.717) is 6.04 Å². The Labute approximate surface area is 128 Å². The van der Waals surface area contributed by atoms with Crippen molar-refractivity contribution in [2.24, 2.45) is 0 Å². The third-order valence-corrected chi connectivity index (χ3v) is 4.04. The minimum absolute atomic E-state index is 0.578. The van der Waals surface area contributed by atoms with Crippen LogP contribution in [-0.2, 0) is 15.9 Å². The first-order chi connectivity index (χ1) is 10.2. The van der Waals surface area contributed by atoms with Crippen molar-refractivity contribution in [3.63, 3.8) is 0 Å². The molecule has 1 atom stereocenters. The molecule has 2 rings (SSSR count). The van der Waals surface area contributed by atoms with Gasteiger partial charge < -0.3 is 19.7 Å². The van der Waals surface area contributed by atoms with Gasteiger partial charge in [-0.1, -0.05) is 0 Å². The molecule has 1 N–H and O–H groups in total. The van der Waals surface area contributed by atoms with Gasteiger partial charge in [-0.2, -0.15) is 0 Å². The molecule has 21 heavy (non-hydrogen) atoms. The first-order valence-electron chi connectivity index (χ1n) is 7.87. The second-order valence-corrected chi connectivity index (χ2v) is 5.75. The van der Waals surface area contributed by atoms with E-state index in [1.54, 1.807) is 14.2 Å². The van der Waals surface area contributed by atoms with E-state index in [-0.39, 0.29) is 0 Å². The molecular formula is C17H28N2O2. The Balaban J connectivity index is 2.07. The summed E-state index contributed by atoms with van der Waals surface area (Å²) in [6.07, 6.45) is 3.40. The standard InChI is InChI=1S/C17H28N2O2/c1-14-5-6-15-13-16(7-8-17(15)18-14)19(10-12-21-3)9-4-11-20-2/h7-8,13-14,18H,4-6,9-12H2,1-3H3. The van der Waals surface area contributed by atoms with Gasteiger partial charge in [0.15, 0.2) is 0 Å². The summed E-state index contributed by atoms with van der Waals surface area (Å²) in [4.78, 5) is 2.39. The molecule has 4 nitrogen and oxygen atoms in total. The molecule has 1 heterocycles. The second-order valence-electron chi connectivity index (χ2n) is 5.75. The van der Waals surface area contributed by atoms with Crippen molar-refractivity contribution >= 4 is 11.4 Å². The molecule has 1 aromatic rings. The van der Waals surface area contributed by atoms with E-state index in [4.69, 9.17) is 9.47 Å². The highest BCUT2D eigenvalue weighted by atomic mass is 16.5. The van der Waals surface area contributed by atoms with Gasteiger partial charge in [0.1, 0.15) is 0 Å². The number of ether oxygens (including phenoxy) is 2. The SMILES string of the molecule is COCCCN(CCOC)c1ccc2c(c1)CCC(C)N2. The lowest BCUT2D eigenvalue weighted by Gasteiger charge is -2.28. The smallest absolute Gasteiger partial charge is 0.0637 e. The third kappa shape index (κ3) is 4.61. The first kappa shape index (κ1) is 16.1. The average molecular weight is 292 g/mol. The molecule has 0 fully saturated rings. The van der Waals surface area contributed by atoms with Crippen molar-refractivity contribution in [3.05, 3.63) is 23.8 Å². The lowest BCUT2D eigenvalue weighted by atomic mass is 9.98. The molecule has 0 saturated heterocycles. The summed E-state index contributed by atoms with van der Waals surface area (Å²) in [5.41, 5.74) is 4.01. The highest BCUT2D eigenvalue weighted by Gasteiger charge is 2.15. The van der Waals surface area contributed by atoms with E-state index in [1.165, 1.54) is 23.4 Å². The quantitative estimate of drug-likeness (QED) is 0.747. The Bertz CT molecular complexity index is 437. The van der Waals surface area contributed by atoms with Crippen molar-refractivity contribution in [3.8, 4) is 0 Å². The summed E-state index contributed by atoms with van der Waals surface area (Å²) < 4.78 is 10.4. The maximum atomic E-state index is 5.24. The van der Waals surface area contributed by atoms with Gasteiger partial charge in [-0.25, -0.2) is 0 Å². The Hall–Kier alpha value is -1.26. The van der Waals surface area contributed by atoms with Crippen molar-refractivity contribution in [1.82, 2.24) is 0 Å². The molecule has 0 bridgehead atoms. The molecule has 0 amide bonds. The van der Waals surface area contributed by atoms with Crippen LogP contribution in [0.1, 0.15) is 25.3 Å². The lowest BCUT2D eigenvalue weighted by Crippen LogP contribution is -2.29. The number of nitrogens with zero attached hydrogens (tertiary/aromatic N) is 1. The van der Waals surface area contributed by atoms with E-state index in [2.05, 4.69) is 35.3 Å². The number of nitrogens with one attached hydrogen (secondary N) is 1. The van der Waals surface area contributed by atoms with Crippen LogP contribution in [0.25, 0.3) is 0 Å². The lowest BCUT2D eigenvalue weighted by molar-refractivity contribution is 0.191. The average Bonchev–Trinajstić information content (AvgIpc) is 2.50. The number of fused-ring (bicyclic) bond motifs is 1. The second kappa shape index (κ2) is 8.25. The largest absolute Gasteiger partial charge is 0.385 e. The molecule has 4 heteroatoms.